The minimum atomic E-state index is -0.346. The first kappa shape index (κ1) is 17.7. The molecule has 0 aromatic carbocycles. The molecule has 1 aliphatic carbocycles. The van der Waals surface area contributed by atoms with Crippen LogP contribution in [-0.2, 0) is 19.6 Å². The van der Waals surface area contributed by atoms with E-state index in [1.165, 1.54) is 24.1 Å². The van der Waals surface area contributed by atoms with Crippen molar-refractivity contribution in [2.24, 2.45) is 11.1 Å². The maximum atomic E-state index is 11.4. The van der Waals surface area contributed by atoms with Gasteiger partial charge < -0.3 is 15.6 Å². The molecule has 3 N–H and O–H groups in total. The van der Waals surface area contributed by atoms with E-state index < -0.39 is 0 Å². The second-order valence-electron chi connectivity index (χ2n) is 7.53. The van der Waals surface area contributed by atoms with Crippen molar-refractivity contribution in [3.8, 4) is 0 Å². The molecular weight excluding hydrogens is 346 g/mol. The highest BCUT2D eigenvalue weighted by atomic mass is 32.1. The Hall–Kier alpha value is -1.70. The van der Waals surface area contributed by atoms with Gasteiger partial charge >= 0.3 is 0 Å². The van der Waals surface area contributed by atoms with E-state index in [0.29, 0.717) is 17.0 Å². The summed E-state index contributed by atoms with van der Waals surface area (Å²) >= 11 is 1.63. The first-order valence-electron chi connectivity index (χ1n) is 9.43. The van der Waals surface area contributed by atoms with E-state index in [2.05, 4.69) is 32.9 Å². The quantitative estimate of drug-likeness (QED) is 0.780. The van der Waals surface area contributed by atoms with E-state index in [4.69, 9.17) is 5.73 Å². The minimum Gasteiger partial charge on any atom is -0.366 e. The molecule has 1 amide bonds. The first-order chi connectivity index (χ1) is 12.6. The number of aromatic nitrogens is 2. The normalized spacial score (nSPS) is 21.4. The fourth-order valence-electron chi connectivity index (χ4n) is 4.34. The van der Waals surface area contributed by atoms with Gasteiger partial charge in [-0.2, -0.15) is 0 Å². The van der Waals surface area contributed by atoms with Gasteiger partial charge in [0, 0.05) is 41.8 Å². The highest BCUT2D eigenvalue weighted by Crippen LogP contribution is 2.56. The average molecular weight is 374 g/mol. The zero-order valence-electron chi connectivity index (χ0n) is 15.3. The van der Waals surface area contributed by atoms with Crippen LogP contribution in [0.3, 0.4) is 0 Å². The molecule has 1 atom stereocenters. The van der Waals surface area contributed by atoms with Crippen molar-refractivity contribution in [3.05, 3.63) is 40.1 Å². The summed E-state index contributed by atoms with van der Waals surface area (Å²) in [5.41, 5.74) is 6.51. The predicted molar refractivity (Wildman–Crippen MR) is 103 cm³/mol. The lowest BCUT2D eigenvalue weighted by Crippen LogP contribution is -2.36. The average Bonchev–Trinajstić information content (AvgIpc) is 3.02. The number of carbonyl (C=O) groups is 1. The Labute approximate surface area is 158 Å². The second-order valence-corrected chi connectivity index (χ2v) is 8.53. The van der Waals surface area contributed by atoms with E-state index in [1.54, 1.807) is 11.3 Å². The molecule has 26 heavy (non-hydrogen) atoms. The van der Waals surface area contributed by atoms with Crippen molar-refractivity contribution >= 4 is 17.2 Å². The molecule has 0 bridgehead atoms. The molecule has 2 aromatic rings. The summed E-state index contributed by atoms with van der Waals surface area (Å²) in [5, 5.41) is 5.36. The zero-order chi connectivity index (χ0) is 18.1. The van der Waals surface area contributed by atoms with Crippen LogP contribution in [0.1, 0.15) is 47.2 Å². The Kier molecular flexibility index (Phi) is 4.86. The number of carbonyl (C=O) groups excluding carboxylic acids is 1. The van der Waals surface area contributed by atoms with Crippen LogP contribution in [-0.4, -0.2) is 39.5 Å². The molecule has 1 spiro atoms. The van der Waals surface area contributed by atoms with Crippen LogP contribution in [0, 0.1) is 5.41 Å². The van der Waals surface area contributed by atoms with E-state index in [-0.39, 0.29) is 5.91 Å². The van der Waals surface area contributed by atoms with Crippen LogP contribution in [0.5, 0.6) is 0 Å². The fourth-order valence-corrected chi connectivity index (χ4v) is 5.23. The molecule has 1 saturated heterocycles. The molecule has 3 heterocycles. The zero-order valence-corrected chi connectivity index (χ0v) is 16.1. The molecule has 2 aromatic heterocycles. The lowest BCUT2D eigenvalue weighted by atomic mass is 9.93. The molecule has 0 radical (unpaired) electrons. The second kappa shape index (κ2) is 7.13. The maximum absolute atomic E-state index is 11.4. The smallest absolute Gasteiger partial charge is 0.249 e. The standard InChI is InChI=1S/C19H27N5OS/c1-2-23-8-7-22-17(23)12-24(11-15-9-14(13-26-15)18(20)25)16-10-19(16)3-5-21-6-4-19/h7-9,13,16,21H,2-6,10-12H2,1H3,(H2,20,25). The van der Waals surface area contributed by atoms with Crippen LogP contribution in [0.2, 0.25) is 0 Å². The third kappa shape index (κ3) is 3.43. The first-order valence-corrected chi connectivity index (χ1v) is 10.3. The number of nitrogens with zero attached hydrogens (tertiary/aromatic N) is 3. The van der Waals surface area contributed by atoms with Crippen LogP contribution in [0.15, 0.2) is 23.8 Å². The third-order valence-corrected chi connectivity index (χ3v) is 6.89. The molecule has 2 fully saturated rings. The monoisotopic (exact) mass is 373 g/mol. The number of imidazole rings is 1. The van der Waals surface area contributed by atoms with Crippen molar-refractivity contribution in [2.75, 3.05) is 13.1 Å². The molecule has 1 saturated carbocycles. The lowest BCUT2D eigenvalue weighted by Gasteiger charge is -2.29. The number of amides is 1. The van der Waals surface area contributed by atoms with Gasteiger partial charge in [-0.25, -0.2) is 4.98 Å². The Morgan fingerprint density at radius 2 is 2.27 bits per heavy atom. The number of nitrogens with two attached hydrogens (primary N) is 1. The van der Waals surface area contributed by atoms with Crippen molar-refractivity contribution in [1.82, 2.24) is 19.8 Å². The molecule has 4 rings (SSSR count). The van der Waals surface area contributed by atoms with Gasteiger partial charge in [-0.1, -0.05) is 0 Å². The van der Waals surface area contributed by atoms with Crippen LogP contribution < -0.4 is 11.1 Å². The highest BCUT2D eigenvalue weighted by molar-refractivity contribution is 7.10. The Morgan fingerprint density at radius 1 is 1.46 bits per heavy atom. The number of thiophene rings is 1. The summed E-state index contributed by atoms with van der Waals surface area (Å²) in [6.45, 7) is 7.05. The number of rotatable bonds is 7. The lowest BCUT2D eigenvalue weighted by molar-refractivity contribution is 0.100. The summed E-state index contributed by atoms with van der Waals surface area (Å²) in [6.07, 6.45) is 7.73. The number of piperidine rings is 1. The van der Waals surface area contributed by atoms with Crippen LogP contribution in [0.25, 0.3) is 0 Å². The van der Waals surface area contributed by atoms with Gasteiger partial charge in [0.15, 0.2) is 0 Å². The summed E-state index contributed by atoms with van der Waals surface area (Å²) in [4.78, 5) is 19.8. The van der Waals surface area contributed by atoms with Gasteiger partial charge in [0.05, 0.1) is 12.1 Å². The van der Waals surface area contributed by atoms with E-state index in [9.17, 15) is 4.79 Å². The molecule has 2 aliphatic rings. The van der Waals surface area contributed by atoms with Crippen molar-refractivity contribution < 1.29 is 4.79 Å². The molecule has 7 heteroatoms. The summed E-state index contributed by atoms with van der Waals surface area (Å²) in [5.74, 6) is 0.775. The highest BCUT2D eigenvalue weighted by Gasteiger charge is 2.56. The van der Waals surface area contributed by atoms with Crippen molar-refractivity contribution in [3.63, 3.8) is 0 Å². The van der Waals surface area contributed by atoms with Crippen molar-refractivity contribution in [2.45, 2.75) is 51.9 Å². The van der Waals surface area contributed by atoms with Gasteiger partial charge in [-0.15, -0.1) is 11.3 Å². The molecular formula is C19H27N5OS. The van der Waals surface area contributed by atoms with E-state index >= 15 is 0 Å². The Morgan fingerprint density at radius 3 is 2.96 bits per heavy atom. The number of hydrogen-bond acceptors (Lipinski definition) is 5. The van der Waals surface area contributed by atoms with E-state index in [1.807, 2.05) is 17.6 Å². The molecule has 6 nitrogen and oxygen atoms in total. The summed E-state index contributed by atoms with van der Waals surface area (Å²) in [6, 6.07) is 2.55. The predicted octanol–water partition coefficient (Wildman–Crippen LogP) is 2.21. The van der Waals surface area contributed by atoms with Crippen molar-refractivity contribution in [1.29, 1.82) is 0 Å². The third-order valence-electron chi connectivity index (χ3n) is 5.97. The van der Waals surface area contributed by atoms with Gasteiger partial charge in [0.1, 0.15) is 5.82 Å². The summed E-state index contributed by atoms with van der Waals surface area (Å²) < 4.78 is 2.22. The van der Waals surface area contributed by atoms with E-state index in [0.717, 1.165) is 38.5 Å². The number of primary amides is 1. The summed E-state index contributed by atoms with van der Waals surface area (Å²) in [7, 11) is 0. The van der Waals surface area contributed by atoms with Crippen LogP contribution >= 0.6 is 11.3 Å². The SMILES string of the molecule is CCn1ccnc1CN(Cc1cc(C(N)=O)cs1)C1CC12CCNCC2. The largest absolute Gasteiger partial charge is 0.366 e. The number of nitrogens with one attached hydrogen (secondary N) is 1. The minimum absolute atomic E-state index is 0.346. The fraction of sp³-hybridized carbons (Fsp3) is 0.579. The molecule has 1 unspecified atom stereocenters. The Balaban J connectivity index is 1.54. The van der Waals surface area contributed by atoms with Gasteiger partial charge in [-0.3, -0.25) is 9.69 Å². The van der Waals surface area contributed by atoms with Gasteiger partial charge in [0.2, 0.25) is 5.91 Å². The topological polar surface area (TPSA) is 76.2 Å². The number of hydrogen-bond donors (Lipinski definition) is 2. The van der Waals surface area contributed by atoms with Gasteiger partial charge in [0.25, 0.3) is 0 Å². The van der Waals surface area contributed by atoms with Crippen LogP contribution in [0.4, 0.5) is 0 Å². The Bertz CT molecular complexity index is 776. The maximum Gasteiger partial charge on any atom is 0.249 e. The molecule has 1 aliphatic heterocycles. The number of aryl methyl sites for hydroxylation is 1. The van der Waals surface area contributed by atoms with Gasteiger partial charge in [-0.05, 0) is 50.8 Å². The molecule has 140 valence electrons.